The molecule has 4 aromatic rings. The van der Waals surface area contributed by atoms with Crippen LogP contribution in [0, 0.1) is 6.92 Å². The molecule has 0 saturated carbocycles. The van der Waals surface area contributed by atoms with Crippen LogP contribution in [0.1, 0.15) is 39.4 Å². The van der Waals surface area contributed by atoms with Crippen LogP contribution in [0.15, 0.2) is 91.3 Å². The standard InChI is InChI=1S/C27H24N4O2S/c1-18-11-13-20(14-12-18)31-25(24(29-27(31)34)22-9-3-4-15-28-22)23-10-6-16-30(23)21-8-5-7-19(17-21)26(32)33-2/h3-17,24-25H,1-2H3,(H,29,34). The van der Waals surface area contributed by atoms with Crippen molar-refractivity contribution in [2.75, 3.05) is 12.0 Å². The number of aromatic nitrogens is 2. The molecule has 2 unspecified atom stereocenters. The topological polar surface area (TPSA) is 59.4 Å². The van der Waals surface area contributed by atoms with Crippen LogP contribution < -0.4 is 10.2 Å². The molecule has 0 aliphatic carbocycles. The number of benzene rings is 2. The third-order valence-electron chi connectivity index (χ3n) is 6.04. The van der Waals surface area contributed by atoms with Crippen LogP contribution in [-0.4, -0.2) is 27.7 Å². The van der Waals surface area contributed by atoms with Gasteiger partial charge in [-0.05, 0) is 73.7 Å². The highest BCUT2D eigenvalue weighted by molar-refractivity contribution is 7.80. The molecule has 3 heterocycles. The van der Waals surface area contributed by atoms with Crippen LogP contribution in [0.2, 0.25) is 0 Å². The molecule has 1 saturated heterocycles. The molecule has 1 N–H and O–H groups in total. The molecule has 2 aromatic carbocycles. The largest absolute Gasteiger partial charge is 0.465 e. The minimum atomic E-state index is -0.369. The van der Waals surface area contributed by atoms with E-state index in [9.17, 15) is 4.79 Å². The molecule has 6 nitrogen and oxygen atoms in total. The van der Waals surface area contributed by atoms with Gasteiger partial charge >= 0.3 is 5.97 Å². The number of hydrogen-bond acceptors (Lipinski definition) is 4. The highest BCUT2D eigenvalue weighted by Crippen LogP contribution is 2.42. The number of esters is 1. The Morgan fingerprint density at radius 3 is 2.56 bits per heavy atom. The molecule has 0 spiro atoms. The van der Waals surface area contributed by atoms with E-state index in [1.54, 1.807) is 12.3 Å². The lowest BCUT2D eigenvalue weighted by Crippen LogP contribution is -2.30. The fraction of sp³-hybridized carbons (Fsp3) is 0.148. The van der Waals surface area contributed by atoms with Gasteiger partial charge in [-0.2, -0.15) is 0 Å². The molecule has 2 aromatic heterocycles. The predicted molar refractivity (Wildman–Crippen MR) is 136 cm³/mol. The van der Waals surface area contributed by atoms with Gasteiger partial charge in [0.1, 0.15) is 6.04 Å². The normalized spacial score (nSPS) is 17.5. The van der Waals surface area contributed by atoms with E-state index in [0.717, 1.165) is 22.8 Å². The molecule has 0 radical (unpaired) electrons. The molecule has 0 amide bonds. The van der Waals surface area contributed by atoms with Gasteiger partial charge in [0.05, 0.1) is 24.4 Å². The van der Waals surface area contributed by atoms with Crippen molar-refractivity contribution >= 4 is 29.0 Å². The average Bonchev–Trinajstić information content (AvgIpc) is 3.49. The first-order chi connectivity index (χ1) is 16.6. The number of pyridine rings is 1. The van der Waals surface area contributed by atoms with Crippen LogP contribution in [0.3, 0.4) is 0 Å². The van der Waals surface area contributed by atoms with Gasteiger partial charge in [0.2, 0.25) is 0 Å². The number of ether oxygens (including phenoxy) is 1. The number of carbonyl (C=O) groups is 1. The molecule has 34 heavy (non-hydrogen) atoms. The summed E-state index contributed by atoms with van der Waals surface area (Å²) >= 11 is 5.83. The van der Waals surface area contributed by atoms with Crippen molar-refractivity contribution < 1.29 is 9.53 Å². The zero-order chi connectivity index (χ0) is 23.7. The van der Waals surface area contributed by atoms with Gasteiger partial charge in [-0.15, -0.1) is 0 Å². The summed E-state index contributed by atoms with van der Waals surface area (Å²) < 4.78 is 7.01. The fourth-order valence-corrected chi connectivity index (χ4v) is 4.76. The summed E-state index contributed by atoms with van der Waals surface area (Å²) in [5.74, 6) is -0.369. The maximum Gasteiger partial charge on any atom is 0.337 e. The maximum atomic E-state index is 12.1. The average molecular weight is 469 g/mol. The monoisotopic (exact) mass is 468 g/mol. The van der Waals surface area contributed by atoms with Crippen molar-refractivity contribution in [1.82, 2.24) is 14.9 Å². The molecular formula is C27H24N4O2S. The van der Waals surface area contributed by atoms with E-state index in [2.05, 4.69) is 57.0 Å². The Kier molecular flexibility index (Phi) is 5.86. The van der Waals surface area contributed by atoms with Crippen molar-refractivity contribution in [2.24, 2.45) is 0 Å². The van der Waals surface area contributed by atoms with Gasteiger partial charge in [-0.1, -0.05) is 29.8 Å². The molecule has 1 aliphatic heterocycles. The van der Waals surface area contributed by atoms with Crippen molar-refractivity contribution in [3.8, 4) is 5.69 Å². The number of carbonyl (C=O) groups excluding carboxylic acids is 1. The summed E-state index contributed by atoms with van der Waals surface area (Å²) in [4.78, 5) is 18.9. The number of aryl methyl sites for hydroxylation is 1. The smallest absolute Gasteiger partial charge is 0.337 e. The Morgan fingerprint density at radius 1 is 1.00 bits per heavy atom. The van der Waals surface area contributed by atoms with E-state index in [1.807, 2.05) is 48.7 Å². The van der Waals surface area contributed by atoms with Crippen LogP contribution in [0.5, 0.6) is 0 Å². The lowest BCUT2D eigenvalue weighted by Gasteiger charge is -2.29. The summed E-state index contributed by atoms with van der Waals surface area (Å²) in [7, 11) is 1.39. The molecule has 5 rings (SSSR count). The first kappa shape index (κ1) is 21.9. The quantitative estimate of drug-likeness (QED) is 0.323. The Hall–Kier alpha value is -3.97. The zero-order valence-corrected chi connectivity index (χ0v) is 19.7. The third-order valence-corrected chi connectivity index (χ3v) is 6.35. The third kappa shape index (κ3) is 3.95. The van der Waals surface area contributed by atoms with Gasteiger partial charge in [0, 0.05) is 29.5 Å². The van der Waals surface area contributed by atoms with E-state index in [4.69, 9.17) is 17.0 Å². The predicted octanol–water partition coefficient (Wildman–Crippen LogP) is 5.14. The molecular weight excluding hydrogens is 444 g/mol. The minimum Gasteiger partial charge on any atom is -0.465 e. The van der Waals surface area contributed by atoms with E-state index in [1.165, 1.54) is 12.7 Å². The summed E-state index contributed by atoms with van der Waals surface area (Å²) in [6.07, 6.45) is 3.79. The van der Waals surface area contributed by atoms with Crippen LogP contribution in [0.4, 0.5) is 5.69 Å². The molecule has 1 aliphatic rings. The number of hydrogen-bond donors (Lipinski definition) is 1. The molecule has 0 bridgehead atoms. The second-order valence-electron chi connectivity index (χ2n) is 8.18. The highest BCUT2D eigenvalue weighted by atomic mass is 32.1. The first-order valence-electron chi connectivity index (χ1n) is 11.0. The lowest BCUT2D eigenvalue weighted by molar-refractivity contribution is 0.0600. The van der Waals surface area contributed by atoms with E-state index >= 15 is 0 Å². The second kappa shape index (κ2) is 9.11. The second-order valence-corrected chi connectivity index (χ2v) is 8.56. The number of nitrogens with one attached hydrogen (secondary N) is 1. The van der Waals surface area contributed by atoms with Crippen molar-refractivity contribution in [3.05, 3.63) is 114 Å². The Bertz CT molecular complexity index is 1330. The van der Waals surface area contributed by atoms with Crippen LogP contribution >= 0.6 is 12.2 Å². The van der Waals surface area contributed by atoms with Crippen molar-refractivity contribution in [1.29, 1.82) is 0 Å². The number of thiocarbonyl (C=S) groups is 1. The summed E-state index contributed by atoms with van der Waals surface area (Å²) in [6.45, 7) is 2.07. The fourth-order valence-electron chi connectivity index (χ4n) is 4.41. The van der Waals surface area contributed by atoms with E-state index in [-0.39, 0.29) is 18.1 Å². The van der Waals surface area contributed by atoms with Gasteiger partial charge in [-0.3, -0.25) is 4.98 Å². The molecule has 2 atom stereocenters. The molecule has 1 fully saturated rings. The van der Waals surface area contributed by atoms with Crippen molar-refractivity contribution in [2.45, 2.75) is 19.0 Å². The van der Waals surface area contributed by atoms with E-state index in [0.29, 0.717) is 10.7 Å². The summed E-state index contributed by atoms with van der Waals surface area (Å²) in [5, 5.41) is 4.14. The molecule has 170 valence electrons. The van der Waals surface area contributed by atoms with Crippen LogP contribution in [0.25, 0.3) is 5.69 Å². The zero-order valence-electron chi connectivity index (χ0n) is 18.9. The number of anilines is 1. The SMILES string of the molecule is COC(=O)c1cccc(-n2cccc2C2C(c3ccccn3)NC(=S)N2c2ccc(C)cc2)c1. The Balaban J connectivity index is 1.65. The number of methoxy groups -OCH3 is 1. The van der Waals surface area contributed by atoms with Gasteiger partial charge in [0.15, 0.2) is 5.11 Å². The number of rotatable bonds is 5. The molecule has 7 heteroatoms. The van der Waals surface area contributed by atoms with Gasteiger partial charge in [-0.25, -0.2) is 4.79 Å². The van der Waals surface area contributed by atoms with E-state index < -0.39 is 0 Å². The summed E-state index contributed by atoms with van der Waals surface area (Å²) in [5.41, 5.74) is 5.47. The maximum absolute atomic E-state index is 12.1. The Labute approximate surface area is 203 Å². The summed E-state index contributed by atoms with van der Waals surface area (Å²) in [6, 6.07) is 25.4. The van der Waals surface area contributed by atoms with Crippen LogP contribution in [-0.2, 0) is 4.74 Å². The Morgan fingerprint density at radius 2 is 1.82 bits per heavy atom. The van der Waals surface area contributed by atoms with Crippen molar-refractivity contribution in [3.63, 3.8) is 0 Å². The first-order valence-corrected chi connectivity index (χ1v) is 11.4. The lowest BCUT2D eigenvalue weighted by atomic mass is 10.0. The van der Waals surface area contributed by atoms with Gasteiger partial charge < -0.3 is 19.5 Å². The van der Waals surface area contributed by atoms with Gasteiger partial charge in [0.25, 0.3) is 0 Å². The number of nitrogens with zero attached hydrogens (tertiary/aromatic N) is 3. The minimum absolute atomic E-state index is 0.160. The highest BCUT2D eigenvalue weighted by Gasteiger charge is 2.42.